The minimum Gasteiger partial charge on any atom is -0.496 e. The van der Waals surface area contributed by atoms with Crippen LogP contribution in [0.4, 0.5) is 5.69 Å². The molecule has 8 heteroatoms. The summed E-state index contributed by atoms with van der Waals surface area (Å²) >= 11 is 5.85. The van der Waals surface area contributed by atoms with Gasteiger partial charge < -0.3 is 24.3 Å². The molecule has 0 fully saturated rings. The predicted octanol–water partition coefficient (Wildman–Crippen LogP) is 3.16. The fourth-order valence-corrected chi connectivity index (χ4v) is 2.35. The summed E-state index contributed by atoms with van der Waals surface area (Å²) in [6.07, 6.45) is 0. The molecule has 0 aromatic heterocycles. The number of esters is 1. The van der Waals surface area contributed by atoms with E-state index in [1.54, 1.807) is 24.3 Å². The molecule has 1 N–H and O–H groups in total. The van der Waals surface area contributed by atoms with Crippen molar-refractivity contribution in [3.05, 3.63) is 47.0 Å². The van der Waals surface area contributed by atoms with Crippen LogP contribution in [0.1, 0.15) is 10.4 Å². The summed E-state index contributed by atoms with van der Waals surface area (Å²) in [5.74, 6) is -0.254. The quantitative estimate of drug-likeness (QED) is 0.744. The van der Waals surface area contributed by atoms with Gasteiger partial charge in [-0.1, -0.05) is 17.7 Å². The number of carbonyl (C=O) groups is 2. The first-order valence-electron chi connectivity index (χ1n) is 7.51. The summed E-state index contributed by atoms with van der Waals surface area (Å²) in [4.78, 5) is 24.2. The van der Waals surface area contributed by atoms with E-state index in [0.29, 0.717) is 22.2 Å². The summed E-state index contributed by atoms with van der Waals surface area (Å²) in [5, 5.41) is 3.06. The maximum absolute atomic E-state index is 12.3. The third-order valence-corrected chi connectivity index (χ3v) is 3.60. The van der Waals surface area contributed by atoms with E-state index in [-0.39, 0.29) is 11.3 Å². The van der Waals surface area contributed by atoms with E-state index in [2.05, 4.69) is 5.32 Å². The Labute approximate surface area is 155 Å². The zero-order valence-corrected chi connectivity index (χ0v) is 15.3. The lowest BCUT2D eigenvalue weighted by Crippen LogP contribution is -2.21. The first-order chi connectivity index (χ1) is 12.5. The fraction of sp³-hybridized carbons (Fsp3) is 0.222. The molecule has 0 spiro atoms. The molecule has 2 aromatic rings. The molecular formula is C18H18ClNO6. The van der Waals surface area contributed by atoms with E-state index < -0.39 is 18.5 Å². The number of carbonyl (C=O) groups excluding carboxylic acids is 2. The number of benzene rings is 2. The Hall–Kier alpha value is -2.93. The monoisotopic (exact) mass is 379 g/mol. The molecule has 0 bridgehead atoms. The molecular weight excluding hydrogens is 362 g/mol. The smallest absolute Gasteiger partial charge is 0.342 e. The number of anilines is 1. The van der Waals surface area contributed by atoms with Gasteiger partial charge in [-0.2, -0.15) is 0 Å². The topological polar surface area (TPSA) is 83.1 Å². The highest BCUT2D eigenvalue weighted by atomic mass is 35.5. The Morgan fingerprint density at radius 2 is 1.62 bits per heavy atom. The third kappa shape index (κ3) is 4.80. The first kappa shape index (κ1) is 19.4. The number of hydrogen-bond donors (Lipinski definition) is 1. The van der Waals surface area contributed by atoms with Crippen LogP contribution in [0.15, 0.2) is 36.4 Å². The van der Waals surface area contributed by atoms with Gasteiger partial charge in [0, 0.05) is 22.8 Å². The normalized spacial score (nSPS) is 10.0. The lowest BCUT2D eigenvalue weighted by molar-refractivity contribution is -0.119. The number of hydrogen-bond acceptors (Lipinski definition) is 6. The number of methoxy groups -OCH3 is 3. The minimum absolute atomic E-state index is 0.112. The van der Waals surface area contributed by atoms with Crippen LogP contribution in [0.3, 0.4) is 0 Å². The molecule has 0 saturated heterocycles. The predicted molar refractivity (Wildman–Crippen MR) is 96.5 cm³/mol. The van der Waals surface area contributed by atoms with Gasteiger partial charge in [0.25, 0.3) is 5.91 Å². The van der Waals surface area contributed by atoms with Crippen LogP contribution >= 0.6 is 11.6 Å². The molecule has 138 valence electrons. The highest BCUT2D eigenvalue weighted by Gasteiger charge is 2.20. The second-order valence-electron chi connectivity index (χ2n) is 5.04. The molecule has 0 heterocycles. The van der Waals surface area contributed by atoms with Gasteiger partial charge in [-0.3, -0.25) is 4.79 Å². The van der Waals surface area contributed by atoms with Crippen LogP contribution < -0.4 is 19.5 Å². The van der Waals surface area contributed by atoms with E-state index >= 15 is 0 Å². The van der Waals surface area contributed by atoms with Crippen LogP contribution in [0.25, 0.3) is 0 Å². The highest BCUT2D eigenvalue weighted by Crippen LogP contribution is 2.34. The van der Waals surface area contributed by atoms with Crippen LogP contribution in [0.5, 0.6) is 17.2 Å². The molecule has 0 aliphatic rings. The molecule has 0 unspecified atom stereocenters. The number of ether oxygens (including phenoxy) is 4. The second kappa shape index (κ2) is 8.96. The molecule has 26 heavy (non-hydrogen) atoms. The highest BCUT2D eigenvalue weighted by molar-refractivity contribution is 6.30. The Bertz CT molecular complexity index is 808. The van der Waals surface area contributed by atoms with E-state index in [0.717, 1.165) is 0 Å². The number of rotatable bonds is 7. The minimum atomic E-state index is -0.732. The van der Waals surface area contributed by atoms with E-state index in [4.69, 9.17) is 30.5 Å². The zero-order valence-electron chi connectivity index (χ0n) is 14.5. The maximum atomic E-state index is 12.3. The van der Waals surface area contributed by atoms with Gasteiger partial charge in [-0.05, 0) is 18.2 Å². The molecule has 7 nitrogen and oxygen atoms in total. The number of amides is 1. The average molecular weight is 380 g/mol. The van der Waals surface area contributed by atoms with Crippen LogP contribution in [-0.2, 0) is 9.53 Å². The first-order valence-corrected chi connectivity index (χ1v) is 7.88. The van der Waals surface area contributed by atoms with Crippen molar-refractivity contribution in [1.82, 2.24) is 0 Å². The molecule has 0 aliphatic carbocycles. The van der Waals surface area contributed by atoms with Crippen molar-refractivity contribution in [2.45, 2.75) is 0 Å². The Kier molecular flexibility index (Phi) is 6.68. The molecule has 2 aromatic carbocycles. The van der Waals surface area contributed by atoms with Crippen molar-refractivity contribution >= 4 is 29.2 Å². The van der Waals surface area contributed by atoms with E-state index in [1.165, 1.54) is 33.5 Å². The van der Waals surface area contributed by atoms with E-state index in [9.17, 15) is 9.59 Å². The Morgan fingerprint density at radius 3 is 2.23 bits per heavy atom. The Balaban J connectivity index is 2.06. The summed E-state index contributed by atoms with van der Waals surface area (Å²) in [6, 6.07) is 9.55. The van der Waals surface area contributed by atoms with Crippen molar-refractivity contribution in [3.63, 3.8) is 0 Å². The fourth-order valence-electron chi connectivity index (χ4n) is 2.16. The molecule has 0 saturated carbocycles. The number of halogens is 1. The second-order valence-corrected chi connectivity index (χ2v) is 5.48. The maximum Gasteiger partial charge on any atom is 0.342 e. The van der Waals surface area contributed by atoms with Gasteiger partial charge in [0.05, 0.1) is 21.3 Å². The summed E-state index contributed by atoms with van der Waals surface area (Å²) < 4.78 is 20.5. The molecule has 0 radical (unpaired) electrons. The van der Waals surface area contributed by atoms with E-state index in [1.807, 2.05) is 0 Å². The lowest BCUT2D eigenvalue weighted by atomic mass is 10.1. The van der Waals surface area contributed by atoms with Crippen molar-refractivity contribution in [2.24, 2.45) is 0 Å². The zero-order chi connectivity index (χ0) is 19.1. The van der Waals surface area contributed by atoms with Gasteiger partial charge in [0.15, 0.2) is 18.1 Å². The molecule has 0 aliphatic heterocycles. The van der Waals surface area contributed by atoms with Gasteiger partial charge >= 0.3 is 5.97 Å². The molecule has 0 atom stereocenters. The SMILES string of the molecule is COc1cc(OC)c(C(=O)OCC(=O)Nc2cccc(Cl)c2)cc1OC. The third-order valence-electron chi connectivity index (χ3n) is 3.37. The van der Waals surface area contributed by atoms with Crippen molar-refractivity contribution < 1.29 is 28.5 Å². The summed E-state index contributed by atoms with van der Waals surface area (Å²) in [6.45, 7) is -0.469. The van der Waals surface area contributed by atoms with Gasteiger partial charge in [0.1, 0.15) is 11.3 Å². The standard InChI is InChI=1S/C18H18ClNO6/c1-23-14-9-16(25-3)15(24-2)8-13(14)18(22)26-10-17(21)20-12-6-4-5-11(19)7-12/h4-9H,10H2,1-3H3,(H,20,21). The van der Waals surface area contributed by atoms with Crippen molar-refractivity contribution in [1.29, 1.82) is 0 Å². The number of nitrogens with one attached hydrogen (secondary N) is 1. The van der Waals surface area contributed by atoms with Crippen molar-refractivity contribution in [3.8, 4) is 17.2 Å². The summed E-state index contributed by atoms with van der Waals surface area (Å²) in [5.41, 5.74) is 0.614. The van der Waals surface area contributed by atoms with Crippen LogP contribution in [0.2, 0.25) is 5.02 Å². The molecule has 1 amide bonds. The summed E-state index contributed by atoms with van der Waals surface area (Å²) in [7, 11) is 4.32. The lowest BCUT2D eigenvalue weighted by Gasteiger charge is -2.13. The van der Waals surface area contributed by atoms with Gasteiger partial charge in [-0.25, -0.2) is 4.79 Å². The van der Waals surface area contributed by atoms with Crippen LogP contribution in [0, 0.1) is 0 Å². The molecule has 2 rings (SSSR count). The van der Waals surface area contributed by atoms with Gasteiger partial charge in [0.2, 0.25) is 0 Å². The van der Waals surface area contributed by atoms with Crippen LogP contribution in [-0.4, -0.2) is 39.8 Å². The Morgan fingerprint density at radius 1 is 0.962 bits per heavy atom. The average Bonchev–Trinajstić information content (AvgIpc) is 2.64. The van der Waals surface area contributed by atoms with Gasteiger partial charge in [-0.15, -0.1) is 0 Å². The van der Waals surface area contributed by atoms with Crippen molar-refractivity contribution in [2.75, 3.05) is 33.3 Å². The largest absolute Gasteiger partial charge is 0.496 e.